The first kappa shape index (κ1) is 23.2. The van der Waals surface area contributed by atoms with Crippen LogP contribution in [0.4, 0.5) is 0 Å². The average Bonchev–Trinajstić information content (AvgIpc) is 3.03. The highest BCUT2D eigenvalue weighted by molar-refractivity contribution is 5.83. The van der Waals surface area contributed by atoms with Gasteiger partial charge in [0, 0.05) is 6.42 Å². The zero-order valence-electron chi connectivity index (χ0n) is 17.6. The van der Waals surface area contributed by atoms with Gasteiger partial charge in [-0.05, 0) is 38.5 Å². The predicted molar refractivity (Wildman–Crippen MR) is 115 cm³/mol. The van der Waals surface area contributed by atoms with Gasteiger partial charge >= 0.3 is 0 Å². The molecule has 0 spiro atoms. The number of nitrogens with one attached hydrogen (secondary N) is 1. The van der Waals surface area contributed by atoms with Crippen molar-refractivity contribution in [3.05, 3.63) is 12.2 Å². The summed E-state index contributed by atoms with van der Waals surface area (Å²) in [4.78, 5) is 4.40. The molecule has 0 amide bonds. The van der Waals surface area contributed by atoms with Crippen LogP contribution in [0.3, 0.4) is 0 Å². The van der Waals surface area contributed by atoms with E-state index in [2.05, 4.69) is 36.3 Å². The maximum Gasteiger partial charge on any atom is 0.175 e. The second-order valence-corrected chi connectivity index (χ2v) is 7.94. The van der Waals surface area contributed by atoms with Crippen molar-refractivity contribution in [3.63, 3.8) is 0 Å². The maximum absolute atomic E-state index is 10.4. The van der Waals surface area contributed by atoms with Gasteiger partial charge in [-0.15, -0.1) is 0 Å². The van der Waals surface area contributed by atoms with E-state index in [0.29, 0.717) is 6.54 Å². The van der Waals surface area contributed by atoms with Crippen LogP contribution in [-0.4, -0.2) is 23.2 Å². The van der Waals surface area contributed by atoms with Crippen LogP contribution in [0.25, 0.3) is 0 Å². The Morgan fingerprint density at radius 2 is 1.38 bits per heavy atom. The first-order valence-electron chi connectivity index (χ1n) is 11.4. The van der Waals surface area contributed by atoms with Crippen LogP contribution in [0.2, 0.25) is 0 Å². The molecule has 0 aromatic carbocycles. The Labute approximate surface area is 162 Å². The van der Waals surface area contributed by atoms with Crippen LogP contribution in [0.5, 0.6) is 0 Å². The Morgan fingerprint density at radius 1 is 0.846 bits per heavy atom. The lowest BCUT2D eigenvalue weighted by Crippen LogP contribution is -2.32. The van der Waals surface area contributed by atoms with E-state index in [-0.39, 0.29) is 0 Å². The Morgan fingerprint density at radius 3 is 1.92 bits per heavy atom. The summed E-state index contributed by atoms with van der Waals surface area (Å²) in [6, 6.07) is 0. The van der Waals surface area contributed by atoms with Gasteiger partial charge in [0.2, 0.25) is 0 Å². The minimum Gasteiger partial charge on any atom is -0.369 e. The molecular formula is C23H44N2O. The molecule has 3 nitrogen and oxygen atoms in total. The van der Waals surface area contributed by atoms with Crippen molar-refractivity contribution in [2.75, 3.05) is 6.54 Å². The summed E-state index contributed by atoms with van der Waals surface area (Å²) in [6.45, 7) is 4.95. The summed E-state index contributed by atoms with van der Waals surface area (Å²) in [6.07, 6.45) is 24.9. The lowest BCUT2D eigenvalue weighted by Gasteiger charge is -2.17. The highest BCUT2D eigenvalue weighted by Gasteiger charge is 2.30. The van der Waals surface area contributed by atoms with Crippen LogP contribution < -0.4 is 5.32 Å². The van der Waals surface area contributed by atoms with Crippen molar-refractivity contribution in [1.29, 1.82) is 0 Å². The Hall–Kier alpha value is -0.830. The van der Waals surface area contributed by atoms with Crippen LogP contribution >= 0.6 is 0 Å². The molecule has 1 unspecified atom stereocenters. The Kier molecular flexibility index (Phi) is 13.6. The molecule has 1 aliphatic heterocycles. The molecular weight excluding hydrogens is 320 g/mol. The molecule has 3 heteroatoms. The molecule has 1 aliphatic rings. The number of aliphatic hydroxyl groups is 1. The van der Waals surface area contributed by atoms with E-state index in [1.807, 2.05) is 0 Å². The Bertz CT molecular complexity index is 392. The van der Waals surface area contributed by atoms with Crippen molar-refractivity contribution >= 4 is 5.84 Å². The number of allylic oxidation sites excluding steroid dienone is 2. The number of β-amino-alcohol motifs (C(OH)–C–C–N with tert-alkyl or cyclic N) is 1. The van der Waals surface area contributed by atoms with Gasteiger partial charge in [-0.2, -0.15) is 0 Å². The molecule has 0 aromatic rings. The number of rotatable bonds is 17. The topological polar surface area (TPSA) is 44.6 Å². The van der Waals surface area contributed by atoms with Crippen molar-refractivity contribution in [2.24, 2.45) is 4.99 Å². The maximum atomic E-state index is 10.4. The summed E-state index contributed by atoms with van der Waals surface area (Å²) in [7, 11) is 0. The first-order chi connectivity index (χ1) is 12.7. The summed E-state index contributed by atoms with van der Waals surface area (Å²) >= 11 is 0. The second kappa shape index (κ2) is 15.2. The highest BCUT2D eigenvalue weighted by Crippen LogP contribution is 2.21. The summed E-state index contributed by atoms with van der Waals surface area (Å²) in [5.74, 6) is 0.956. The lowest BCUT2D eigenvalue weighted by atomic mass is 10.0. The van der Waals surface area contributed by atoms with Gasteiger partial charge in [-0.25, -0.2) is 4.99 Å². The smallest absolute Gasteiger partial charge is 0.175 e. The van der Waals surface area contributed by atoms with Gasteiger partial charge in [0.1, 0.15) is 0 Å². The molecule has 26 heavy (non-hydrogen) atoms. The van der Waals surface area contributed by atoms with E-state index in [4.69, 9.17) is 0 Å². The van der Waals surface area contributed by atoms with Gasteiger partial charge < -0.3 is 10.4 Å². The zero-order chi connectivity index (χ0) is 18.9. The molecule has 0 bridgehead atoms. The Balaban J connectivity index is 1.82. The molecule has 0 aliphatic carbocycles. The van der Waals surface area contributed by atoms with E-state index < -0.39 is 5.72 Å². The minimum absolute atomic E-state index is 0.598. The fraction of sp³-hybridized carbons (Fsp3) is 0.870. The number of aliphatic imine (C=N–C) groups is 1. The van der Waals surface area contributed by atoms with Crippen LogP contribution in [0.1, 0.15) is 117 Å². The number of amidine groups is 1. The minimum atomic E-state index is -0.827. The zero-order valence-corrected chi connectivity index (χ0v) is 17.6. The summed E-state index contributed by atoms with van der Waals surface area (Å²) in [5, 5.41) is 13.5. The largest absolute Gasteiger partial charge is 0.369 e. The van der Waals surface area contributed by atoms with Gasteiger partial charge in [0.15, 0.2) is 5.72 Å². The molecule has 2 N–H and O–H groups in total. The van der Waals surface area contributed by atoms with Crippen molar-refractivity contribution in [2.45, 2.75) is 122 Å². The fourth-order valence-corrected chi connectivity index (χ4v) is 3.58. The SMILES string of the molecule is CCCCCCCC/C=C\CCCCCCCCC1(O)CNC(CC)=N1. The van der Waals surface area contributed by atoms with Crippen LogP contribution in [0, 0.1) is 0 Å². The predicted octanol–water partition coefficient (Wildman–Crippen LogP) is 6.51. The second-order valence-electron chi connectivity index (χ2n) is 7.94. The van der Waals surface area contributed by atoms with Gasteiger partial charge in [0.05, 0.1) is 12.4 Å². The third-order valence-electron chi connectivity index (χ3n) is 5.34. The fourth-order valence-electron chi connectivity index (χ4n) is 3.58. The molecule has 0 fully saturated rings. The molecule has 0 saturated heterocycles. The number of hydrogen-bond acceptors (Lipinski definition) is 3. The standard InChI is InChI=1S/C23H44N2O/c1-3-5-6-7-8-9-10-11-12-13-14-15-16-17-18-19-20-23(26)21-24-22(4-2)25-23/h11-12,26H,3-10,13-21H2,1-2H3,(H,24,25)/b12-11-. The molecule has 1 heterocycles. The van der Waals surface area contributed by atoms with Crippen LogP contribution in [-0.2, 0) is 0 Å². The van der Waals surface area contributed by atoms with E-state index in [1.165, 1.54) is 83.5 Å². The number of unbranched alkanes of at least 4 members (excludes halogenated alkanes) is 12. The summed E-state index contributed by atoms with van der Waals surface area (Å²) < 4.78 is 0. The molecule has 152 valence electrons. The quantitative estimate of drug-likeness (QED) is 0.228. The third-order valence-corrected chi connectivity index (χ3v) is 5.34. The first-order valence-corrected chi connectivity index (χ1v) is 11.4. The van der Waals surface area contributed by atoms with E-state index in [1.54, 1.807) is 0 Å². The third kappa shape index (κ3) is 11.7. The summed E-state index contributed by atoms with van der Waals surface area (Å²) in [5.41, 5.74) is -0.827. The van der Waals surface area contributed by atoms with Crippen molar-refractivity contribution < 1.29 is 5.11 Å². The highest BCUT2D eigenvalue weighted by atomic mass is 16.3. The van der Waals surface area contributed by atoms with E-state index >= 15 is 0 Å². The lowest BCUT2D eigenvalue weighted by molar-refractivity contribution is 0.0517. The van der Waals surface area contributed by atoms with Crippen LogP contribution in [0.15, 0.2) is 17.1 Å². The number of nitrogens with zero attached hydrogens (tertiary/aromatic N) is 1. The average molecular weight is 365 g/mol. The van der Waals surface area contributed by atoms with Gasteiger partial charge in [-0.1, -0.05) is 83.8 Å². The number of hydrogen-bond donors (Lipinski definition) is 2. The molecule has 0 aromatic heterocycles. The monoisotopic (exact) mass is 364 g/mol. The van der Waals surface area contributed by atoms with Gasteiger partial charge in [-0.3, -0.25) is 0 Å². The molecule has 0 radical (unpaired) electrons. The van der Waals surface area contributed by atoms with Crippen molar-refractivity contribution in [1.82, 2.24) is 5.32 Å². The van der Waals surface area contributed by atoms with Crippen molar-refractivity contribution in [3.8, 4) is 0 Å². The molecule has 1 atom stereocenters. The van der Waals surface area contributed by atoms with E-state index in [9.17, 15) is 5.11 Å². The molecule has 0 saturated carbocycles. The van der Waals surface area contributed by atoms with E-state index in [0.717, 1.165) is 25.1 Å². The normalized spacial score (nSPS) is 19.9. The van der Waals surface area contributed by atoms with Gasteiger partial charge in [0.25, 0.3) is 0 Å². The molecule has 1 rings (SSSR count).